The van der Waals surface area contributed by atoms with Crippen LogP contribution in [0, 0.1) is 3.57 Å². The zero-order chi connectivity index (χ0) is 13.4. The van der Waals surface area contributed by atoms with E-state index in [0.29, 0.717) is 6.04 Å². The Balaban J connectivity index is 2.24. The highest BCUT2D eigenvalue weighted by molar-refractivity contribution is 14.1. The van der Waals surface area contributed by atoms with Gasteiger partial charge in [0, 0.05) is 36.4 Å². The second kappa shape index (κ2) is 8.85. The quantitative estimate of drug-likeness (QED) is 0.720. The van der Waals surface area contributed by atoms with Crippen LogP contribution in [0.5, 0.6) is 0 Å². The first-order valence-corrected chi connectivity index (χ1v) is 7.37. The van der Waals surface area contributed by atoms with Gasteiger partial charge in [-0.2, -0.15) is 0 Å². The Labute approximate surface area is 124 Å². The molecule has 3 nitrogen and oxygen atoms in total. The number of benzene rings is 1. The minimum absolute atomic E-state index is 0.401. The minimum Gasteiger partial charge on any atom is -0.383 e. The summed E-state index contributed by atoms with van der Waals surface area (Å²) in [5, 5.41) is 3.54. The molecule has 0 amide bonds. The van der Waals surface area contributed by atoms with E-state index in [9.17, 15) is 0 Å². The lowest BCUT2D eigenvalue weighted by Gasteiger charge is -2.19. The Morgan fingerprint density at radius 1 is 1.28 bits per heavy atom. The highest BCUT2D eigenvalue weighted by atomic mass is 127. The molecule has 4 heteroatoms. The number of ether oxygens (including phenoxy) is 1. The van der Waals surface area contributed by atoms with Gasteiger partial charge >= 0.3 is 0 Å². The molecule has 0 radical (unpaired) electrons. The molecule has 102 valence electrons. The van der Waals surface area contributed by atoms with E-state index in [1.807, 2.05) is 0 Å². The first-order chi connectivity index (χ1) is 8.63. The molecule has 1 aromatic carbocycles. The van der Waals surface area contributed by atoms with Gasteiger partial charge in [0.1, 0.15) is 0 Å². The average molecular weight is 362 g/mol. The van der Waals surface area contributed by atoms with Gasteiger partial charge in [0.25, 0.3) is 0 Å². The molecule has 0 saturated carbocycles. The number of rotatable bonds is 8. The van der Waals surface area contributed by atoms with Crippen molar-refractivity contribution in [3.63, 3.8) is 0 Å². The average Bonchev–Trinajstić information content (AvgIpc) is 2.37. The number of hydrogen-bond donors (Lipinski definition) is 1. The lowest BCUT2D eigenvalue weighted by Crippen LogP contribution is -2.32. The Morgan fingerprint density at radius 3 is 2.56 bits per heavy atom. The molecule has 1 unspecified atom stereocenters. The molecular weight excluding hydrogens is 339 g/mol. The van der Waals surface area contributed by atoms with Crippen LogP contribution in [0.1, 0.15) is 18.5 Å². The SMILES string of the molecule is COCCN(C)CCNC(C)c1ccc(I)cc1. The van der Waals surface area contributed by atoms with E-state index in [1.165, 1.54) is 9.13 Å². The van der Waals surface area contributed by atoms with Crippen molar-refractivity contribution < 1.29 is 4.74 Å². The summed E-state index contributed by atoms with van der Waals surface area (Å²) in [6.07, 6.45) is 0. The molecule has 0 aliphatic carbocycles. The van der Waals surface area contributed by atoms with E-state index in [0.717, 1.165) is 26.2 Å². The maximum Gasteiger partial charge on any atom is 0.0589 e. The van der Waals surface area contributed by atoms with Gasteiger partial charge in [0.15, 0.2) is 0 Å². The molecule has 0 saturated heterocycles. The van der Waals surface area contributed by atoms with Crippen LogP contribution in [0.4, 0.5) is 0 Å². The Hall–Kier alpha value is -0.170. The molecule has 0 aliphatic rings. The van der Waals surface area contributed by atoms with Crippen LogP contribution in [0.15, 0.2) is 24.3 Å². The molecule has 1 N–H and O–H groups in total. The third kappa shape index (κ3) is 6.13. The van der Waals surface area contributed by atoms with E-state index in [1.54, 1.807) is 7.11 Å². The fraction of sp³-hybridized carbons (Fsp3) is 0.571. The van der Waals surface area contributed by atoms with Gasteiger partial charge in [-0.1, -0.05) is 12.1 Å². The maximum absolute atomic E-state index is 5.06. The Morgan fingerprint density at radius 2 is 1.94 bits per heavy atom. The third-order valence-corrected chi connectivity index (χ3v) is 3.71. The van der Waals surface area contributed by atoms with Crippen LogP contribution in [0.25, 0.3) is 0 Å². The molecule has 0 aromatic heterocycles. The van der Waals surface area contributed by atoms with Gasteiger partial charge in [-0.25, -0.2) is 0 Å². The number of nitrogens with one attached hydrogen (secondary N) is 1. The first kappa shape index (κ1) is 15.9. The van der Waals surface area contributed by atoms with E-state index in [2.05, 4.69) is 71.0 Å². The molecule has 1 aromatic rings. The van der Waals surface area contributed by atoms with Crippen LogP contribution in [0.3, 0.4) is 0 Å². The summed E-state index contributed by atoms with van der Waals surface area (Å²) in [4.78, 5) is 2.27. The lowest BCUT2D eigenvalue weighted by molar-refractivity contribution is 0.161. The number of nitrogens with zero attached hydrogens (tertiary/aromatic N) is 1. The summed E-state index contributed by atoms with van der Waals surface area (Å²) in [5.41, 5.74) is 1.34. The van der Waals surface area contributed by atoms with Gasteiger partial charge in [-0.05, 0) is 54.3 Å². The Bertz CT molecular complexity index is 329. The molecule has 0 heterocycles. The summed E-state index contributed by atoms with van der Waals surface area (Å²) in [6, 6.07) is 9.08. The number of halogens is 1. The zero-order valence-electron chi connectivity index (χ0n) is 11.4. The van der Waals surface area contributed by atoms with E-state index in [-0.39, 0.29) is 0 Å². The molecule has 0 bridgehead atoms. The van der Waals surface area contributed by atoms with Crippen LogP contribution in [-0.4, -0.2) is 45.3 Å². The number of hydrogen-bond acceptors (Lipinski definition) is 3. The number of likely N-dealkylation sites (N-methyl/N-ethyl adjacent to an activating group) is 1. The van der Waals surface area contributed by atoms with Gasteiger partial charge in [-0.15, -0.1) is 0 Å². The maximum atomic E-state index is 5.06. The smallest absolute Gasteiger partial charge is 0.0589 e. The monoisotopic (exact) mass is 362 g/mol. The minimum atomic E-state index is 0.401. The standard InChI is InChI=1S/C14H23IN2O/c1-12(13-4-6-14(15)7-5-13)16-8-9-17(2)10-11-18-3/h4-7,12,16H,8-11H2,1-3H3. The lowest BCUT2D eigenvalue weighted by atomic mass is 10.1. The fourth-order valence-electron chi connectivity index (χ4n) is 1.70. The predicted molar refractivity (Wildman–Crippen MR) is 84.9 cm³/mol. The fourth-order valence-corrected chi connectivity index (χ4v) is 2.06. The third-order valence-electron chi connectivity index (χ3n) is 2.99. The predicted octanol–water partition coefficient (Wildman–Crippen LogP) is 2.52. The highest BCUT2D eigenvalue weighted by Crippen LogP contribution is 2.13. The normalized spacial score (nSPS) is 12.9. The molecule has 1 rings (SSSR count). The summed E-state index contributed by atoms with van der Waals surface area (Å²) >= 11 is 2.33. The van der Waals surface area contributed by atoms with Gasteiger partial charge in [0.05, 0.1) is 6.61 Å². The van der Waals surface area contributed by atoms with E-state index >= 15 is 0 Å². The second-order valence-corrected chi connectivity index (χ2v) is 5.77. The number of methoxy groups -OCH3 is 1. The van der Waals surface area contributed by atoms with Gasteiger partial charge in [-0.3, -0.25) is 0 Å². The summed E-state index contributed by atoms with van der Waals surface area (Å²) in [6.45, 7) is 6.02. The largest absolute Gasteiger partial charge is 0.383 e. The van der Waals surface area contributed by atoms with Crippen molar-refractivity contribution in [2.75, 3.05) is 40.4 Å². The second-order valence-electron chi connectivity index (χ2n) is 4.52. The molecule has 0 fully saturated rings. The van der Waals surface area contributed by atoms with Crippen molar-refractivity contribution >= 4 is 22.6 Å². The molecule has 18 heavy (non-hydrogen) atoms. The van der Waals surface area contributed by atoms with Crippen molar-refractivity contribution in [2.45, 2.75) is 13.0 Å². The summed E-state index contributed by atoms with van der Waals surface area (Å²) in [5.74, 6) is 0. The zero-order valence-corrected chi connectivity index (χ0v) is 13.6. The van der Waals surface area contributed by atoms with E-state index < -0.39 is 0 Å². The van der Waals surface area contributed by atoms with Crippen LogP contribution in [-0.2, 0) is 4.74 Å². The van der Waals surface area contributed by atoms with Crippen molar-refractivity contribution in [1.82, 2.24) is 10.2 Å². The molecule has 0 spiro atoms. The van der Waals surface area contributed by atoms with Crippen LogP contribution in [0.2, 0.25) is 0 Å². The van der Waals surface area contributed by atoms with Crippen molar-refractivity contribution in [3.8, 4) is 0 Å². The molecule has 1 atom stereocenters. The Kier molecular flexibility index (Phi) is 7.81. The van der Waals surface area contributed by atoms with E-state index in [4.69, 9.17) is 4.74 Å². The van der Waals surface area contributed by atoms with Crippen molar-refractivity contribution in [3.05, 3.63) is 33.4 Å². The summed E-state index contributed by atoms with van der Waals surface area (Å²) in [7, 11) is 3.86. The van der Waals surface area contributed by atoms with Crippen molar-refractivity contribution in [1.29, 1.82) is 0 Å². The first-order valence-electron chi connectivity index (χ1n) is 6.30. The van der Waals surface area contributed by atoms with Crippen LogP contribution < -0.4 is 5.32 Å². The van der Waals surface area contributed by atoms with Crippen LogP contribution >= 0.6 is 22.6 Å². The van der Waals surface area contributed by atoms with Gasteiger partial charge < -0.3 is 15.0 Å². The highest BCUT2D eigenvalue weighted by Gasteiger charge is 2.04. The summed E-state index contributed by atoms with van der Waals surface area (Å²) < 4.78 is 6.34. The van der Waals surface area contributed by atoms with Gasteiger partial charge in [0.2, 0.25) is 0 Å². The molecular formula is C14H23IN2O. The topological polar surface area (TPSA) is 24.5 Å². The van der Waals surface area contributed by atoms with Crippen molar-refractivity contribution in [2.24, 2.45) is 0 Å². The molecule has 0 aliphatic heterocycles.